The van der Waals surface area contributed by atoms with Crippen LogP contribution in [-0.4, -0.2) is 28.3 Å². The van der Waals surface area contributed by atoms with Crippen LogP contribution in [0.25, 0.3) is 5.69 Å². The van der Waals surface area contributed by atoms with E-state index in [1.165, 1.54) is 12.3 Å². The molecule has 0 bridgehead atoms. The molecule has 0 spiro atoms. The van der Waals surface area contributed by atoms with Crippen LogP contribution in [0.4, 0.5) is 0 Å². The summed E-state index contributed by atoms with van der Waals surface area (Å²) in [5.41, 5.74) is 8.79. The molecule has 2 aromatic heterocycles. The highest BCUT2D eigenvalue weighted by Crippen LogP contribution is 2.20. The molecular formula is C27H26N4O4. The lowest BCUT2D eigenvalue weighted by Crippen LogP contribution is -2.53. The standard InChI is InChI=1S/C27H26N4O4/c1-18-16-22(19(2)31(18)21-12-7-4-8-13-21)25(32)29-30-26(33)23(17-20-10-5-3-6-11-20)28-27(34)24-14-9-15-35-24/h3-16,23H,17H2,1-2H3,(H,28,34)(H,29,32)(H,30,33)/t23-/m0/s1. The third-order valence-corrected chi connectivity index (χ3v) is 5.64. The Morgan fingerprint density at radius 1 is 0.857 bits per heavy atom. The third-order valence-electron chi connectivity index (χ3n) is 5.64. The van der Waals surface area contributed by atoms with Gasteiger partial charge in [-0.1, -0.05) is 48.5 Å². The molecule has 8 heteroatoms. The summed E-state index contributed by atoms with van der Waals surface area (Å²) in [5, 5.41) is 2.68. The first-order valence-corrected chi connectivity index (χ1v) is 11.2. The number of hydrogen-bond acceptors (Lipinski definition) is 4. The summed E-state index contributed by atoms with van der Waals surface area (Å²) < 4.78 is 7.10. The molecular weight excluding hydrogens is 444 g/mol. The highest BCUT2D eigenvalue weighted by atomic mass is 16.3. The summed E-state index contributed by atoms with van der Waals surface area (Å²) in [6.07, 6.45) is 1.62. The van der Waals surface area contributed by atoms with E-state index in [2.05, 4.69) is 16.2 Å². The highest BCUT2D eigenvalue weighted by Gasteiger charge is 2.24. The Morgan fingerprint density at radius 2 is 1.54 bits per heavy atom. The summed E-state index contributed by atoms with van der Waals surface area (Å²) in [7, 11) is 0. The number of carbonyl (C=O) groups is 3. The van der Waals surface area contributed by atoms with Crippen molar-refractivity contribution >= 4 is 17.7 Å². The third kappa shape index (κ3) is 5.50. The smallest absolute Gasteiger partial charge is 0.287 e. The summed E-state index contributed by atoms with van der Waals surface area (Å²) in [5.74, 6) is -1.44. The van der Waals surface area contributed by atoms with Crippen LogP contribution in [0, 0.1) is 13.8 Å². The van der Waals surface area contributed by atoms with Crippen molar-refractivity contribution in [2.75, 3.05) is 0 Å². The van der Waals surface area contributed by atoms with E-state index in [1.54, 1.807) is 12.1 Å². The van der Waals surface area contributed by atoms with Gasteiger partial charge in [0.2, 0.25) is 0 Å². The molecule has 3 N–H and O–H groups in total. The number of rotatable bonds is 7. The van der Waals surface area contributed by atoms with Crippen LogP contribution in [0.15, 0.2) is 89.5 Å². The van der Waals surface area contributed by atoms with Crippen LogP contribution >= 0.6 is 0 Å². The van der Waals surface area contributed by atoms with Gasteiger partial charge in [0, 0.05) is 23.5 Å². The number of para-hydroxylation sites is 1. The lowest BCUT2D eigenvalue weighted by Gasteiger charge is -2.18. The van der Waals surface area contributed by atoms with Gasteiger partial charge in [-0.2, -0.15) is 0 Å². The molecule has 2 aromatic carbocycles. The molecule has 0 aliphatic heterocycles. The van der Waals surface area contributed by atoms with Crippen LogP contribution in [0.5, 0.6) is 0 Å². The second-order valence-corrected chi connectivity index (χ2v) is 8.09. The zero-order chi connectivity index (χ0) is 24.8. The molecule has 0 fully saturated rings. The molecule has 178 valence electrons. The minimum Gasteiger partial charge on any atom is -0.459 e. The average molecular weight is 471 g/mol. The molecule has 1 atom stereocenters. The lowest BCUT2D eigenvalue weighted by atomic mass is 10.1. The number of carbonyl (C=O) groups excluding carboxylic acids is 3. The number of aromatic nitrogens is 1. The maximum absolute atomic E-state index is 13.0. The van der Waals surface area contributed by atoms with E-state index in [1.807, 2.05) is 79.1 Å². The van der Waals surface area contributed by atoms with Crippen LogP contribution in [-0.2, 0) is 11.2 Å². The van der Waals surface area contributed by atoms with Gasteiger partial charge in [-0.15, -0.1) is 0 Å². The fraction of sp³-hybridized carbons (Fsp3) is 0.148. The molecule has 4 aromatic rings. The van der Waals surface area contributed by atoms with Gasteiger partial charge in [0.25, 0.3) is 17.7 Å². The van der Waals surface area contributed by atoms with Gasteiger partial charge in [0.05, 0.1) is 11.8 Å². The van der Waals surface area contributed by atoms with Crippen molar-refractivity contribution in [1.29, 1.82) is 0 Å². The van der Waals surface area contributed by atoms with Crippen molar-refractivity contribution in [3.63, 3.8) is 0 Å². The second kappa shape index (κ2) is 10.6. The Kier molecular flexibility index (Phi) is 7.11. The van der Waals surface area contributed by atoms with E-state index in [0.717, 1.165) is 22.6 Å². The molecule has 8 nitrogen and oxygen atoms in total. The normalized spacial score (nSPS) is 11.5. The van der Waals surface area contributed by atoms with Crippen molar-refractivity contribution in [3.8, 4) is 5.69 Å². The van der Waals surface area contributed by atoms with Gasteiger partial charge in [0.1, 0.15) is 6.04 Å². The first-order valence-electron chi connectivity index (χ1n) is 11.2. The molecule has 3 amide bonds. The van der Waals surface area contributed by atoms with E-state index in [9.17, 15) is 14.4 Å². The number of hydrazine groups is 1. The number of nitrogens with one attached hydrogen (secondary N) is 3. The molecule has 0 unspecified atom stereocenters. The van der Waals surface area contributed by atoms with Crippen molar-refractivity contribution < 1.29 is 18.8 Å². The van der Waals surface area contributed by atoms with E-state index < -0.39 is 23.8 Å². The summed E-state index contributed by atoms with van der Waals surface area (Å²) in [6, 6.07) is 22.9. The predicted molar refractivity (Wildman–Crippen MR) is 131 cm³/mol. The lowest BCUT2D eigenvalue weighted by molar-refractivity contribution is -0.123. The van der Waals surface area contributed by atoms with Crippen LogP contribution in [0.3, 0.4) is 0 Å². The Labute approximate surface area is 202 Å². The summed E-state index contributed by atoms with van der Waals surface area (Å²) in [4.78, 5) is 38.4. The molecule has 0 saturated heterocycles. The van der Waals surface area contributed by atoms with E-state index in [-0.39, 0.29) is 12.2 Å². The summed E-state index contributed by atoms with van der Waals surface area (Å²) >= 11 is 0. The second-order valence-electron chi connectivity index (χ2n) is 8.09. The van der Waals surface area contributed by atoms with Crippen LogP contribution in [0.1, 0.15) is 37.9 Å². The molecule has 0 aliphatic carbocycles. The summed E-state index contributed by atoms with van der Waals surface area (Å²) in [6.45, 7) is 3.76. The van der Waals surface area contributed by atoms with Crippen LogP contribution in [0.2, 0.25) is 0 Å². The first kappa shape index (κ1) is 23.6. The van der Waals surface area contributed by atoms with E-state index in [0.29, 0.717) is 5.56 Å². The minimum absolute atomic E-state index is 0.0910. The Balaban J connectivity index is 1.47. The number of benzene rings is 2. The van der Waals surface area contributed by atoms with Gasteiger partial charge in [-0.3, -0.25) is 25.2 Å². The fourth-order valence-corrected chi connectivity index (χ4v) is 3.94. The molecule has 0 radical (unpaired) electrons. The number of amides is 3. The van der Waals surface area contributed by atoms with E-state index >= 15 is 0 Å². The molecule has 0 saturated carbocycles. The van der Waals surface area contributed by atoms with Crippen molar-refractivity contribution in [3.05, 3.63) is 113 Å². The fourth-order valence-electron chi connectivity index (χ4n) is 3.94. The topological polar surface area (TPSA) is 105 Å². The van der Waals surface area contributed by atoms with Gasteiger partial charge in [-0.25, -0.2) is 0 Å². The van der Waals surface area contributed by atoms with Gasteiger partial charge < -0.3 is 14.3 Å². The zero-order valence-electron chi connectivity index (χ0n) is 19.4. The highest BCUT2D eigenvalue weighted by molar-refractivity contribution is 5.99. The monoisotopic (exact) mass is 470 g/mol. The Bertz CT molecular complexity index is 1310. The molecule has 4 rings (SSSR count). The van der Waals surface area contributed by atoms with Crippen molar-refractivity contribution in [1.82, 2.24) is 20.7 Å². The predicted octanol–water partition coefficient (Wildman–Crippen LogP) is 3.49. The molecule has 2 heterocycles. The largest absolute Gasteiger partial charge is 0.459 e. The van der Waals surface area contributed by atoms with Gasteiger partial charge >= 0.3 is 0 Å². The maximum atomic E-state index is 13.0. The first-order chi connectivity index (χ1) is 16.9. The minimum atomic E-state index is -0.938. The molecule has 0 aliphatic rings. The van der Waals surface area contributed by atoms with Crippen molar-refractivity contribution in [2.45, 2.75) is 26.3 Å². The molecule has 35 heavy (non-hydrogen) atoms. The average Bonchev–Trinajstić information content (AvgIpc) is 3.51. The van der Waals surface area contributed by atoms with Gasteiger partial charge in [-0.05, 0) is 49.7 Å². The Hall–Kier alpha value is -4.59. The number of nitrogens with zero attached hydrogens (tertiary/aromatic N) is 1. The number of aryl methyl sites for hydroxylation is 1. The quantitative estimate of drug-likeness (QED) is 0.360. The SMILES string of the molecule is Cc1cc(C(=O)NNC(=O)[C@H](Cc2ccccc2)NC(=O)c2ccco2)c(C)n1-c1ccccc1. The zero-order valence-corrected chi connectivity index (χ0v) is 19.4. The number of hydrogen-bond donors (Lipinski definition) is 3. The number of furan rings is 1. The van der Waals surface area contributed by atoms with Crippen LogP contribution < -0.4 is 16.2 Å². The van der Waals surface area contributed by atoms with Crippen molar-refractivity contribution in [2.24, 2.45) is 0 Å². The Morgan fingerprint density at radius 3 is 2.20 bits per heavy atom. The van der Waals surface area contributed by atoms with E-state index in [4.69, 9.17) is 4.42 Å². The van der Waals surface area contributed by atoms with Gasteiger partial charge in [0.15, 0.2) is 5.76 Å². The maximum Gasteiger partial charge on any atom is 0.287 e.